The summed E-state index contributed by atoms with van der Waals surface area (Å²) in [6, 6.07) is 9.22. The zero-order chi connectivity index (χ0) is 20.4. The molecule has 1 aromatic rings. The molecule has 154 valence electrons. The van der Waals surface area contributed by atoms with Crippen LogP contribution in [0.25, 0.3) is 0 Å². The minimum atomic E-state index is -0.808. The number of hydrogen-bond donors (Lipinski definition) is 4. The van der Waals surface area contributed by atoms with Gasteiger partial charge in [-0.25, -0.2) is 0 Å². The highest BCUT2D eigenvalue weighted by atomic mass is 16.5. The highest BCUT2D eigenvalue weighted by Crippen LogP contribution is 2.36. The Balaban J connectivity index is 1.82. The van der Waals surface area contributed by atoms with Crippen LogP contribution in [0.15, 0.2) is 54.6 Å². The first-order valence-corrected chi connectivity index (χ1v) is 9.74. The second-order valence-corrected chi connectivity index (χ2v) is 7.18. The standard InChI is InChI=1S/C22H30O6/c23-16(15-28-17-8-4-3-5-9-17)12-13-19-18(20(24)14-21(19)25)10-6-1-2-7-11-22(26)27/h1,3-6,8-9,12-13,16,18-21,23-25H,2,7,10-11,14-15H2,(H,26,27)/b6-1+,13-12+/t16-,18-,19-,20+,21-/m1/s1. The van der Waals surface area contributed by atoms with Crippen molar-refractivity contribution in [1.29, 1.82) is 0 Å². The van der Waals surface area contributed by atoms with Gasteiger partial charge in [0.2, 0.25) is 0 Å². The van der Waals surface area contributed by atoms with E-state index in [4.69, 9.17) is 9.84 Å². The van der Waals surface area contributed by atoms with Gasteiger partial charge in [0.25, 0.3) is 0 Å². The Morgan fingerprint density at radius 2 is 1.93 bits per heavy atom. The highest BCUT2D eigenvalue weighted by Gasteiger charge is 2.39. The van der Waals surface area contributed by atoms with Crippen LogP contribution < -0.4 is 4.74 Å². The molecule has 1 aromatic carbocycles. The number of allylic oxidation sites excluding steroid dienone is 2. The fourth-order valence-corrected chi connectivity index (χ4v) is 3.46. The molecule has 0 amide bonds. The van der Waals surface area contributed by atoms with Crippen molar-refractivity contribution in [1.82, 2.24) is 0 Å². The summed E-state index contributed by atoms with van der Waals surface area (Å²) in [4.78, 5) is 10.5. The number of carbonyl (C=O) groups is 1. The Bertz CT molecular complexity index is 642. The molecule has 1 aliphatic rings. The van der Waals surface area contributed by atoms with Gasteiger partial charge in [0.1, 0.15) is 18.5 Å². The topological polar surface area (TPSA) is 107 Å². The zero-order valence-corrected chi connectivity index (χ0v) is 15.9. The lowest BCUT2D eigenvalue weighted by atomic mass is 9.89. The number of aliphatic hydroxyl groups excluding tert-OH is 3. The molecule has 5 atom stereocenters. The van der Waals surface area contributed by atoms with Crippen molar-refractivity contribution >= 4 is 5.97 Å². The van der Waals surface area contributed by atoms with Crippen molar-refractivity contribution in [2.75, 3.05) is 6.61 Å². The summed E-state index contributed by atoms with van der Waals surface area (Å²) in [6.45, 7) is 0.111. The number of carboxylic acids is 1. The first-order valence-electron chi connectivity index (χ1n) is 9.74. The fourth-order valence-electron chi connectivity index (χ4n) is 3.46. The van der Waals surface area contributed by atoms with Crippen molar-refractivity contribution in [3.63, 3.8) is 0 Å². The van der Waals surface area contributed by atoms with Crippen LogP contribution in [0.4, 0.5) is 0 Å². The van der Waals surface area contributed by atoms with Crippen molar-refractivity contribution in [2.45, 2.75) is 50.4 Å². The number of aliphatic carboxylic acids is 1. The Kier molecular flexibility index (Phi) is 9.20. The average Bonchev–Trinajstić information content (AvgIpc) is 2.94. The summed E-state index contributed by atoms with van der Waals surface area (Å²) in [6.07, 6.45) is 7.46. The molecule has 0 bridgehead atoms. The molecule has 0 aromatic heterocycles. The minimum absolute atomic E-state index is 0.111. The Morgan fingerprint density at radius 1 is 1.18 bits per heavy atom. The summed E-state index contributed by atoms with van der Waals surface area (Å²) in [7, 11) is 0. The van der Waals surface area contributed by atoms with E-state index in [0.29, 0.717) is 31.4 Å². The second kappa shape index (κ2) is 11.6. The summed E-state index contributed by atoms with van der Waals surface area (Å²) in [5, 5.41) is 39.2. The van der Waals surface area contributed by atoms with E-state index in [1.807, 2.05) is 42.5 Å². The van der Waals surface area contributed by atoms with Crippen molar-refractivity contribution in [2.24, 2.45) is 11.8 Å². The van der Waals surface area contributed by atoms with E-state index in [1.165, 1.54) is 0 Å². The number of hydrogen-bond acceptors (Lipinski definition) is 5. The normalized spacial score (nSPS) is 26.1. The zero-order valence-electron chi connectivity index (χ0n) is 15.9. The van der Waals surface area contributed by atoms with Gasteiger partial charge in [-0.1, -0.05) is 42.5 Å². The lowest BCUT2D eigenvalue weighted by molar-refractivity contribution is -0.137. The summed E-state index contributed by atoms with van der Waals surface area (Å²) < 4.78 is 5.51. The van der Waals surface area contributed by atoms with Gasteiger partial charge in [0, 0.05) is 18.8 Å². The van der Waals surface area contributed by atoms with Crippen molar-refractivity contribution in [3.05, 3.63) is 54.6 Å². The van der Waals surface area contributed by atoms with Gasteiger partial charge >= 0.3 is 5.97 Å². The van der Waals surface area contributed by atoms with Crippen LogP contribution in [-0.2, 0) is 4.79 Å². The van der Waals surface area contributed by atoms with Gasteiger partial charge < -0.3 is 25.2 Å². The molecule has 6 heteroatoms. The van der Waals surface area contributed by atoms with Gasteiger partial charge in [-0.2, -0.15) is 0 Å². The first kappa shape index (κ1) is 22.1. The largest absolute Gasteiger partial charge is 0.491 e. The second-order valence-electron chi connectivity index (χ2n) is 7.18. The third-order valence-electron chi connectivity index (χ3n) is 4.97. The average molecular weight is 390 g/mol. The van der Waals surface area contributed by atoms with Crippen LogP contribution in [0.2, 0.25) is 0 Å². The van der Waals surface area contributed by atoms with Crippen LogP contribution in [0.3, 0.4) is 0 Å². The number of carboxylic acid groups (broad SMARTS) is 1. The van der Waals surface area contributed by atoms with Gasteiger partial charge in [-0.15, -0.1) is 0 Å². The number of unbranched alkanes of at least 4 members (excludes halogenated alkanes) is 1. The molecule has 0 radical (unpaired) electrons. The number of rotatable bonds is 11. The number of para-hydroxylation sites is 1. The van der Waals surface area contributed by atoms with E-state index in [1.54, 1.807) is 12.2 Å². The molecule has 0 unspecified atom stereocenters. The molecule has 1 fully saturated rings. The number of benzene rings is 1. The third kappa shape index (κ3) is 7.46. The van der Waals surface area contributed by atoms with Gasteiger partial charge in [-0.05, 0) is 37.3 Å². The summed E-state index contributed by atoms with van der Waals surface area (Å²) in [5.74, 6) is -0.505. The lowest BCUT2D eigenvalue weighted by Gasteiger charge is -2.19. The molecular formula is C22H30O6. The fraction of sp³-hybridized carbons (Fsp3) is 0.500. The monoisotopic (exact) mass is 390 g/mol. The van der Waals surface area contributed by atoms with Gasteiger partial charge in [0.05, 0.1) is 12.2 Å². The Morgan fingerprint density at radius 3 is 2.64 bits per heavy atom. The van der Waals surface area contributed by atoms with Crippen LogP contribution in [-0.4, -0.2) is 51.3 Å². The Labute approximate surface area is 165 Å². The van der Waals surface area contributed by atoms with Crippen LogP contribution in [0.1, 0.15) is 32.1 Å². The van der Waals surface area contributed by atoms with E-state index in [0.717, 1.165) is 0 Å². The predicted octanol–water partition coefficient (Wildman–Crippen LogP) is 2.54. The van der Waals surface area contributed by atoms with E-state index in [-0.39, 0.29) is 24.9 Å². The first-order chi connectivity index (χ1) is 13.5. The molecule has 0 aliphatic heterocycles. The van der Waals surface area contributed by atoms with Crippen molar-refractivity contribution in [3.8, 4) is 5.75 Å². The SMILES string of the molecule is O=C(O)CCC/C=C/C[C@@H]1[C@@H](/C=C/[C@@H](O)COc2ccccc2)[C@H](O)C[C@@H]1O. The number of aliphatic hydroxyl groups is 3. The molecular weight excluding hydrogens is 360 g/mol. The predicted molar refractivity (Wildman–Crippen MR) is 106 cm³/mol. The van der Waals surface area contributed by atoms with Crippen LogP contribution >= 0.6 is 0 Å². The maximum atomic E-state index is 10.5. The smallest absolute Gasteiger partial charge is 0.303 e. The van der Waals surface area contributed by atoms with Gasteiger partial charge in [-0.3, -0.25) is 4.79 Å². The maximum absolute atomic E-state index is 10.5. The van der Waals surface area contributed by atoms with Crippen molar-refractivity contribution < 1.29 is 30.0 Å². The van der Waals surface area contributed by atoms with Crippen LogP contribution in [0, 0.1) is 11.8 Å². The van der Waals surface area contributed by atoms with E-state index in [2.05, 4.69) is 0 Å². The maximum Gasteiger partial charge on any atom is 0.303 e. The third-order valence-corrected chi connectivity index (χ3v) is 4.97. The summed E-state index contributed by atoms with van der Waals surface area (Å²) >= 11 is 0. The number of ether oxygens (including phenoxy) is 1. The molecule has 0 heterocycles. The highest BCUT2D eigenvalue weighted by molar-refractivity contribution is 5.66. The van der Waals surface area contributed by atoms with E-state index in [9.17, 15) is 20.1 Å². The lowest BCUT2D eigenvalue weighted by Crippen LogP contribution is -2.21. The molecule has 4 N–H and O–H groups in total. The van der Waals surface area contributed by atoms with E-state index >= 15 is 0 Å². The van der Waals surface area contributed by atoms with Crippen LogP contribution in [0.5, 0.6) is 5.75 Å². The molecule has 0 spiro atoms. The minimum Gasteiger partial charge on any atom is -0.491 e. The molecule has 1 saturated carbocycles. The van der Waals surface area contributed by atoms with Gasteiger partial charge in [0.15, 0.2) is 0 Å². The molecule has 0 saturated heterocycles. The molecule has 2 rings (SSSR count). The molecule has 6 nitrogen and oxygen atoms in total. The molecule has 1 aliphatic carbocycles. The summed E-state index contributed by atoms with van der Waals surface area (Å²) in [5.41, 5.74) is 0. The molecule has 28 heavy (non-hydrogen) atoms. The Hall–Kier alpha value is -2.15. The quantitative estimate of drug-likeness (QED) is 0.342. The van der Waals surface area contributed by atoms with E-state index < -0.39 is 24.3 Å².